The third kappa shape index (κ3) is 5.67. The lowest BCUT2D eigenvalue weighted by Crippen LogP contribution is -2.50. The Kier molecular flexibility index (Phi) is 7.25. The number of hydrogen-bond acceptors (Lipinski definition) is 5. The Morgan fingerprint density at radius 3 is 3.08 bits per heavy atom. The second-order valence-electron chi connectivity index (χ2n) is 7.32. The van der Waals surface area contributed by atoms with Crippen LogP contribution in [0.1, 0.15) is 43.2 Å². The summed E-state index contributed by atoms with van der Waals surface area (Å²) in [6.07, 6.45) is 4.18. The summed E-state index contributed by atoms with van der Waals surface area (Å²) in [5.74, 6) is -0.0926. The summed E-state index contributed by atoms with van der Waals surface area (Å²) in [6.45, 7) is 10.2. The van der Waals surface area contributed by atoms with Crippen molar-refractivity contribution in [1.29, 1.82) is 0 Å². The highest BCUT2D eigenvalue weighted by atomic mass is 35.5. The molecule has 2 N–H and O–H groups in total. The maximum atomic E-state index is 12.3. The van der Waals surface area contributed by atoms with E-state index in [1.54, 1.807) is 0 Å². The molecule has 1 amide bonds. The molecule has 3 heterocycles. The first-order valence-electron chi connectivity index (χ1n) is 8.94. The summed E-state index contributed by atoms with van der Waals surface area (Å²) >= 11 is 0. The van der Waals surface area contributed by atoms with Gasteiger partial charge in [-0.25, -0.2) is 0 Å². The van der Waals surface area contributed by atoms with Crippen LogP contribution in [0.25, 0.3) is 0 Å². The summed E-state index contributed by atoms with van der Waals surface area (Å²) in [4.78, 5) is 14.6. The number of carbonyl (C=O) groups is 1. The molecule has 0 aromatic carbocycles. The molecule has 1 unspecified atom stereocenters. The molecule has 2 saturated heterocycles. The van der Waals surface area contributed by atoms with Crippen LogP contribution in [0.4, 0.5) is 0 Å². The van der Waals surface area contributed by atoms with Crippen molar-refractivity contribution in [2.24, 2.45) is 0 Å². The number of nitrogens with zero attached hydrogens (tertiary/aromatic N) is 3. The molecule has 8 heteroatoms. The Bertz CT molecular complexity index is 557. The average Bonchev–Trinajstić information content (AvgIpc) is 3.05. The molecule has 1 aromatic rings. The van der Waals surface area contributed by atoms with Gasteiger partial charge in [0.25, 0.3) is 5.91 Å². The van der Waals surface area contributed by atoms with Gasteiger partial charge in [0.05, 0.1) is 18.2 Å². The van der Waals surface area contributed by atoms with Gasteiger partial charge in [-0.05, 0) is 39.3 Å². The second-order valence-corrected chi connectivity index (χ2v) is 7.32. The second kappa shape index (κ2) is 8.98. The Balaban J connectivity index is 0.00000225. The number of hydrogen-bond donors (Lipinski definition) is 2. The van der Waals surface area contributed by atoms with Gasteiger partial charge in [-0.2, -0.15) is 5.10 Å². The van der Waals surface area contributed by atoms with E-state index in [-0.39, 0.29) is 23.9 Å². The molecular formula is C17H30ClN5O2. The fourth-order valence-electron chi connectivity index (χ4n) is 3.44. The van der Waals surface area contributed by atoms with Crippen LogP contribution in [0.3, 0.4) is 0 Å². The quantitative estimate of drug-likeness (QED) is 0.810. The Morgan fingerprint density at radius 2 is 2.36 bits per heavy atom. The van der Waals surface area contributed by atoms with Gasteiger partial charge >= 0.3 is 0 Å². The van der Waals surface area contributed by atoms with Crippen LogP contribution in [-0.4, -0.2) is 72.1 Å². The van der Waals surface area contributed by atoms with Crippen LogP contribution in [-0.2, 0) is 4.74 Å². The molecule has 7 nitrogen and oxygen atoms in total. The lowest BCUT2D eigenvalue weighted by Gasteiger charge is -2.38. The smallest absolute Gasteiger partial charge is 0.271 e. The van der Waals surface area contributed by atoms with Crippen molar-refractivity contribution in [3.8, 4) is 0 Å². The molecular weight excluding hydrogens is 342 g/mol. The van der Waals surface area contributed by atoms with Gasteiger partial charge in [0.2, 0.25) is 0 Å². The molecule has 2 aliphatic rings. The number of piperidine rings is 1. The highest BCUT2D eigenvalue weighted by Gasteiger charge is 2.26. The van der Waals surface area contributed by atoms with Crippen molar-refractivity contribution >= 4 is 18.3 Å². The van der Waals surface area contributed by atoms with Gasteiger partial charge < -0.3 is 15.4 Å². The van der Waals surface area contributed by atoms with Crippen molar-refractivity contribution in [2.45, 2.75) is 38.3 Å². The van der Waals surface area contributed by atoms with Crippen LogP contribution < -0.4 is 10.6 Å². The van der Waals surface area contributed by atoms with Crippen LogP contribution in [0.5, 0.6) is 0 Å². The van der Waals surface area contributed by atoms with Gasteiger partial charge in [-0.1, -0.05) is 0 Å². The number of halogens is 1. The number of amides is 1. The van der Waals surface area contributed by atoms with Crippen LogP contribution in [0, 0.1) is 0 Å². The summed E-state index contributed by atoms with van der Waals surface area (Å²) < 4.78 is 7.63. The zero-order valence-electron chi connectivity index (χ0n) is 15.2. The molecule has 0 bridgehead atoms. The minimum absolute atomic E-state index is 0. The predicted octanol–water partition coefficient (Wildman–Crippen LogP) is 1.07. The first-order valence-corrected chi connectivity index (χ1v) is 8.94. The van der Waals surface area contributed by atoms with E-state index in [0.29, 0.717) is 18.3 Å². The molecule has 0 radical (unpaired) electrons. The van der Waals surface area contributed by atoms with Gasteiger partial charge in [0.15, 0.2) is 0 Å². The first-order chi connectivity index (χ1) is 11.5. The molecule has 2 aliphatic heterocycles. The third-order valence-corrected chi connectivity index (χ3v) is 4.70. The molecule has 142 valence electrons. The Labute approximate surface area is 155 Å². The summed E-state index contributed by atoms with van der Waals surface area (Å²) in [6, 6.07) is 2.16. The number of ether oxygens (including phenoxy) is 1. The van der Waals surface area contributed by atoms with E-state index < -0.39 is 0 Å². The zero-order valence-corrected chi connectivity index (χ0v) is 16.0. The van der Waals surface area contributed by atoms with Crippen molar-refractivity contribution in [2.75, 3.05) is 45.9 Å². The minimum atomic E-state index is -0.102. The van der Waals surface area contributed by atoms with Gasteiger partial charge in [0, 0.05) is 38.9 Å². The van der Waals surface area contributed by atoms with E-state index >= 15 is 0 Å². The van der Waals surface area contributed by atoms with E-state index in [9.17, 15) is 4.79 Å². The largest absolute Gasteiger partial charge is 0.373 e. The van der Waals surface area contributed by atoms with Crippen LogP contribution in [0.15, 0.2) is 12.3 Å². The summed E-state index contributed by atoms with van der Waals surface area (Å²) in [7, 11) is 0. The van der Waals surface area contributed by atoms with Crippen LogP contribution in [0.2, 0.25) is 0 Å². The fourth-order valence-corrected chi connectivity index (χ4v) is 3.44. The highest BCUT2D eigenvalue weighted by molar-refractivity contribution is 5.92. The molecule has 0 saturated carbocycles. The number of nitrogens with one attached hydrogen (secondary N) is 2. The van der Waals surface area contributed by atoms with E-state index in [1.165, 1.54) is 0 Å². The van der Waals surface area contributed by atoms with E-state index in [2.05, 4.69) is 34.5 Å². The standard InChI is InChI=1S/C17H29N5O2.ClH/c1-17(2)13-21(10-11-24-17)9-7-19-16(23)15-5-8-22(20-15)14-4-3-6-18-12-14;/h5,8,14,18H,3-4,6-7,9-13H2,1-2H3,(H,19,23);1H. The zero-order chi connectivity index (χ0) is 17.0. The molecule has 0 aliphatic carbocycles. The van der Waals surface area contributed by atoms with Gasteiger partial charge in [-0.15, -0.1) is 12.4 Å². The molecule has 25 heavy (non-hydrogen) atoms. The van der Waals surface area contributed by atoms with Crippen molar-refractivity contribution < 1.29 is 9.53 Å². The van der Waals surface area contributed by atoms with Crippen LogP contribution >= 0.6 is 12.4 Å². The highest BCUT2D eigenvalue weighted by Crippen LogP contribution is 2.16. The number of carbonyl (C=O) groups excluding carboxylic acids is 1. The first kappa shape index (κ1) is 20.2. The summed E-state index contributed by atoms with van der Waals surface area (Å²) in [5, 5.41) is 10.8. The maximum Gasteiger partial charge on any atom is 0.271 e. The summed E-state index contributed by atoms with van der Waals surface area (Å²) in [5.41, 5.74) is 0.401. The molecule has 1 aromatic heterocycles. The topological polar surface area (TPSA) is 71.4 Å². The third-order valence-electron chi connectivity index (χ3n) is 4.70. The van der Waals surface area contributed by atoms with E-state index in [1.807, 2.05) is 16.9 Å². The van der Waals surface area contributed by atoms with Gasteiger partial charge in [-0.3, -0.25) is 14.4 Å². The minimum Gasteiger partial charge on any atom is -0.373 e. The molecule has 3 rings (SSSR count). The van der Waals surface area contributed by atoms with E-state index in [0.717, 1.165) is 52.2 Å². The average molecular weight is 372 g/mol. The SMILES string of the molecule is CC1(C)CN(CCNC(=O)c2ccn(C3CCCNC3)n2)CCO1.Cl. The predicted molar refractivity (Wildman–Crippen MR) is 99.4 cm³/mol. The molecule has 1 atom stereocenters. The Morgan fingerprint density at radius 1 is 1.52 bits per heavy atom. The molecule has 2 fully saturated rings. The van der Waals surface area contributed by atoms with Crippen molar-refractivity contribution in [3.05, 3.63) is 18.0 Å². The van der Waals surface area contributed by atoms with Crippen molar-refractivity contribution in [1.82, 2.24) is 25.3 Å². The normalized spacial score (nSPS) is 23.7. The lowest BCUT2D eigenvalue weighted by atomic mass is 10.1. The Hall–Kier alpha value is -1.15. The molecule has 0 spiro atoms. The van der Waals surface area contributed by atoms with Gasteiger partial charge in [0.1, 0.15) is 5.69 Å². The lowest BCUT2D eigenvalue weighted by molar-refractivity contribution is -0.0853. The fraction of sp³-hybridized carbons (Fsp3) is 0.765. The monoisotopic (exact) mass is 371 g/mol. The number of morpholine rings is 1. The number of rotatable bonds is 5. The number of aromatic nitrogens is 2. The maximum absolute atomic E-state index is 12.3. The van der Waals surface area contributed by atoms with E-state index in [4.69, 9.17) is 4.74 Å². The van der Waals surface area contributed by atoms with Crippen molar-refractivity contribution in [3.63, 3.8) is 0 Å².